The number of hydrogen-bond donors (Lipinski definition) is 1. The Bertz CT molecular complexity index is 551. The van der Waals surface area contributed by atoms with E-state index in [1.807, 2.05) is 24.7 Å². The van der Waals surface area contributed by atoms with Crippen molar-refractivity contribution in [2.24, 2.45) is 0 Å². The van der Waals surface area contributed by atoms with E-state index in [1.165, 1.54) is 18.2 Å². The zero-order valence-electron chi connectivity index (χ0n) is 10.5. The Balaban J connectivity index is 2.08. The molecule has 1 aromatic heterocycles. The second-order valence-corrected chi connectivity index (χ2v) is 4.07. The van der Waals surface area contributed by atoms with Crippen LogP contribution >= 0.6 is 0 Å². The van der Waals surface area contributed by atoms with E-state index in [-0.39, 0.29) is 5.82 Å². The molecule has 0 atom stereocenters. The highest BCUT2D eigenvalue weighted by atomic mass is 19.1. The fraction of sp³-hybridized carbons (Fsp3) is 0.308. The van der Waals surface area contributed by atoms with Gasteiger partial charge in [0.15, 0.2) is 0 Å². The van der Waals surface area contributed by atoms with Gasteiger partial charge < -0.3 is 10.5 Å². The first-order valence-electron chi connectivity index (χ1n) is 5.81. The fourth-order valence-electron chi connectivity index (χ4n) is 1.67. The highest BCUT2D eigenvalue weighted by Gasteiger charge is 2.07. The molecule has 2 aromatic rings. The van der Waals surface area contributed by atoms with Gasteiger partial charge in [0.2, 0.25) is 0 Å². The number of anilines is 1. The molecular formula is C13H16FN3O. The predicted molar refractivity (Wildman–Crippen MR) is 67.8 cm³/mol. The van der Waals surface area contributed by atoms with E-state index in [1.54, 1.807) is 0 Å². The third kappa shape index (κ3) is 2.61. The summed E-state index contributed by atoms with van der Waals surface area (Å²) in [5.41, 5.74) is 7.90. The van der Waals surface area contributed by atoms with Crippen LogP contribution in [-0.2, 0) is 13.2 Å². The fourth-order valence-corrected chi connectivity index (χ4v) is 1.67. The van der Waals surface area contributed by atoms with Gasteiger partial charge in [-0.2, -0.15) is 5.10 Å². The van der Waals surface area contributed by atoms with Crippen LogP contribution in [-0.4, -0.2) is 9.78 Å². The normalized spacial score (nSPS) is 10.6. The van der Waals surface area contributed by atoms with Crippen molar-refractivity contribution < 1.29 is 9.13 Å². The molecule has 0 fully saturated rings. The highest BCUT2D eigenvalue weighted by Crippen LogP contribution is 2.23. The Labute approximate surface area is 105 Å². The minimum Gasteiger partial charge on any atom is -0.487 e. The summed E-state index contributed by atoms with van der Waals surface area (Å²) in [6.45, 7) is 5.15. The van der Waals surface area contributed by atoms with Crippen LogP contribution in [0.4, 0.5) is 10.1 Å². The summed E-state index contributed by atoms with van der Waals surface area (Å²) in [5.74, 6) is 0.120. The van der Waals surface area contributed by atoms with Gasteiger partial charge in [0.25, 0.3) is 0 Å². The Kier molecular flexibility index (Phi) is 3.50. The summed E-state index contributed by atoms with van der Waals surface area (Å²) in [4.78, 5) is 0. The molecular weight excluding hydrogens is 233 g/mol. The smallest absolute Gasteiger partial charge is 0.142 e. The first-order chi connectivity index (χ1) is 8.60. The van der Waals surface area contributed by atoms with E-state index in [0.717, 1.165) is 17.8 Å². The van der Waals surface area contributed by atoms with E-state index in [2.05, 4.69) is 5.10 Å². The largest absolute Gasteiger partial charge is 0.487 e. The van der Waals surface area contributed by atoms with Crippen LogP contribution in [0.1, 0.15) is 18.2 Å². The van der Waals surface area contributed by atoms with Crippen molar-refractivity contribution in [2.75, 3.05) is 5.73 Å². The van der Waals surface area contributed by atoms with E-state index in [0.29, 0.717) is 18.0 Å². The lowest BCUT2D eigenvalue weighted by Crippen LogP contribution is -1.99. The van der Waals surface area contributed by atoms with Crippen LogP contribution < -0.4 is 10.5 Å². The first kappa shape index (κ1) is 12.4. The van der Waals surface area contributed by atoms with Gasteiger partial charge in [-0.15, -0.1) is 0 Å². The van der Waals surface area contributed by atoms with Crippen molar-refractivity contribution in [3.63, 3.8) is 0 Å². The van der Waals surface area contributed by atoms with Crippen molar-refractivity contribution in [3.05, 3.63) is 41.5 Å². The maximum Gasteiger partial charge on any atom is 0.142 e. The third-order valence-corrected chi connectivity index (χ3v) is 2.73. The highest BCUT2D eigenvalue weighted by molar-refractivity contribution is 5.52. The van der Waals surface area contributed by atoms with Gasteiger partial charge in [0, 0.05) is 24.4 Å². The average molecular weight is 249 g/mol. The molecule has 0 saturated heterocycles. The Hall–Kier alpha value is -2.04. The van der Waals surface area contributed by atoms with Gasteiger partial charge in [0.1, 0.15) is 18.2 Å². The number of rotatable bonds is 4. The molecule has 18 heavy (non-hydrogen) atoms. The van der Waals surface area contributed by atoms with Gasteiger partial charge >= 0.3 is 0 Å². The van der Waals surface area contributed by atoms with Crippen molar-refractivity contribution in [1.82, 2.24) is 9.78 Å². The molecule has 5 heteroatoms. The third-order valence-electron chi connectivity index (χ3n) is 2.73. The summed E-state index contributed by atoms with van der Waals surface area (Å²) in [7, 11) is 0. The topological polar surface area (TPSA) is 53.1 Å². The zero-order chi connectivity index (χ0) is 13.1. The van der Waals surface area contributed by atoms with Crippen LogP contribution in [0, 0.1) is 12.7 Å². The SMILES string of the molecule is CCn1cc(COc2ccc(F)cc2N)c(C)n1. The number of ether oxygens (including phenoxy) is 1. The summed E-state index contributed by atoms with van der Waals surface area (Å²) in [6.07, 6.45) is 1.94. The minimum absolute atomic E-state index is 0.301. The van der Waals surface area contributed by atoms with Gasteiger partial charge in [0.05, 0.1) is 11.4 Å². The number of aryl methyl sites for hydroxylation is 2. The maximum absolute atomic E-state index is 12.9. The molecule has 2 rings (SSSR count). The van der Waals surface area contributed by atoms with Crippen LogP contribution in [0.5, 0.6) is 5.75 Å². The minimum atomic E-state index is -0.366. The lowest BCUT2D eigenvalue weighted by molar-refractivity contribution is 0.306. The molecule has 0 aliphatic carbocycles. The molecule has 0 saturated carbocycles. The average Bonchev–Trinajstić information content (AvgIpc) is 2.69. The molecule has 0 bridgehead atoms. The summed E-state index contributed by atoms with van der Waals surface area (Å²) in [5, 5.41) is 4.32. The van der Waals surface area contributed by atoms with E-state index >= 15 is 0 Å². The lowest BCUT2D eigenvalue weighted by atomic mass is 10.2. The molecule has 1 aromatic carbocycles. The Morgan fingerprint density at radius 2 is 2.22 bits per heavy atom. The van der Waals surface area contributed by atoms with Crippen LogP contribution in [0.3, 0.4) is 0 Å². The molecule has 0 aliphatic rings. The molecule has 2 N–H and O–H groups in total. The second kappa shape index (κ2) is 5.08. The van der Waals surface area contributed by atoms with Gasteiger partial charge in [-0.3, -0.25) is 4.68 Å². The Morgan fingerprint density at radius 3 is 2.83 bits per heavy atom. The quantitative estimate of drug-likeness (QED) is 0.847. The van der Waals surface area contributed by atoms with Crippen molar-refractivity contribution >= 4 is 5.69 Å². The first-order valence-corrected chi connectivity index (χ1v) is 5.81. The molecule has 0 radical (unpaired) electrons. The monoisotopic (exact) mass is 249 g/mol. The number of nitrogens with zero attached hydrogens (tertiary/aromatic N) is 2. The standard InChI is InChI=1S/C13H16FN3O/c1-3-17-7-10(9(2)16-17)8-18-13-5-4-11(14)6-12(13)15/h4-7H,3,8,15H2,1-2H3. The molecule has 0 aliphatic heterocycles. The number of nitrogens with two attached hydrogens (primary N) is 1. The predicted octanol–water partition coefficient (Wildman–Crippen LogP) is 2.51. The number of benzene rings is 1. The number of hydrogen-bond acceptors (Lipinski definition) is 3. The zero-order valence-corrected chi connectivity index (χ0v) is 10.5. The van der Waals surface area contributed by atoms with Crippen molar-refractivity contribution in [3.8, 4) is 5.75 Å². The van der Waals surface area contributed by atoms with Crippen LogP contribution in [0.2, 0.25) is 0 Å². The van der Waals surface area contributed by atoms with Gasteiger partial charge in [-0.05, 0) is 26.0 Å². The van der Waals surface area contributed by atoms with Gasteiger partial charge in [-0.1, -0.05) is 0 Å². The summed E-state index contributed by atoms with van der Waals surface area (Å²) >= 11 is 0. The molecule has 96 valence electrons. The van der Waals surface area contributed by atoms with E-state index < -0.39 is 0 Å². The van der Waals surface area contributed by atoms with Crippen LogP contribution in [0.15, 0.2) is 24.4 Å². The molecule has 0 unspecified atom stereocenters. The number of aromatic nitrogens is 2. The molecule has 0 amide bonds. The van der Waals surface area contributed by atoms with Crippen LogP contribution in [0.25, 0.3) is 0 Å². The van der Waals surface area contributed by atoms with E-state index in [4.69, 9.17) is 10.5 Å². The maximum atomic E-state index is 12.9. The summed E-state index contributed by atoms with van der Waals surface area (Å²) < 4.78 is 20.3. The van der Waals surface area contributed by atoms with E-state index in [9.17, 15) is 4.39 Å². The molecule has 0 spiro atoms. The summed E-state index contributed by atoms with van der Waals surface area (Å²) in [6, 6.07) is 4.11. The lowest BCUT2D eigenvalue weighted by Gasteiger charge is -2.07. The van der Waals surface area contributed by atoms with Crippen molar-refractivity contribution in [1.29, 1.82) is 0 Å². The molecule has 1 heterocycles. The molecule has 4 nitrogen and oxygen atoms in total. The number of nitrogen functional groups attached to an aromatic ring is 1. The van der Waals surface area contributed by atoms with Gasteiger partial charge in [-0.25, -0.2) is 4.39 Å². The number of halogens is 1. The van der Waals surface area contributed by atoms with Crippen molar-refractivity contribution in [2.45, 2.75) is 27.0 Å². The Morgan fingerprint density at radius 1 is 1.44 bits per heavy atom. The second-order valence-electron chi connectivity index (χ2n) is 4.07.